The highest BCUT2D eigenvalue weighted by atomic mass is 16.6. The van der Waals surface area contributed by atoms with Gasteiger partial charge < -0.3 is 14.6 Å². The Morgan fingerprint density at radius 1 is 1.63 bits per heavy atom. The van der Waals surface area contributed by atoms with Crippen LogP contribution in [-0.4, -0.2) is 44.6 Å². The number of aryl methyl sites for hydroxylation is 1. The number of aliphatic hydroxyl groups excluding tert-OH is 1. The summed E-state index contributed by atoms with van der Waals surface area (Å²) in [6.07, 6.45) is 3.00. The molecule has 1 saturated heterocycles. The van der Waals surface area contributed by atoms with Gasteiger partial charge in [-0.2, -0.15) is 0 Å². The van der Waals surface area contributed by atoms with Gasteiger partial charge in [-0.05, 0) is 19.8 Å². The first-order chi connectivity index (χ1) is 9.08. The summed E-state index contributed by atoms with van der Waals surface area (Å²) in [4.78, 5) is 24.3. The maximum atomic E-state index is 12.4. The number of likely N-dealkylation sites (tertiary alicyclic amines) is 1. The van der Waals surface area contributed by atoms with E-state index in [1.165, 1.54) is 12.3 Å². The summed E-state index contributed by atoms with van der Waals surface area (Å²) in [7, 11) is 0. The molecule has 0 spiro atoms. The lowest BCUT2D eigenvalue weighted by Crippen LogP contribution is -2.38. The van der Waals surface area contributed by atoms with Crippen molar-refractivity contribution in [2.75, 3.05) is 13.2 Å². The summed E-state index contributed by atoms with van der Waals surface area (Å²) in [6, 6.07) is 1.13. The molecule has 1 aromatic heterocycles. The largest absolute Gasteiger partial charge is 0.394 e. The van der Waals surface area contributed by atoms with Crippen LogP contribution < -0.4 is 0 Å². The lowest BCUT2D eigenvalue weighted by atomic mass is 10.2. The van der Waals surface area contributed by atoms with Crippen LogP contribution in [0.4, 0.5) is 5.69 Å². The molecule has 0 saturated carbocycles. The predicted octanol–water partition coefficient (Wildman–Crippen LogP) is 1.01. The molecule has 0 aromatic carbocycles. The van der Waals surface area contributed by atoms with Gasteiger partial charge in [-0.25, -0.2) is 0 Å². The van der Waals surface area contributed by atoms with Crippen molar-refractivity contribution in [3.63, 3.8) is 0 Å². The number of carbonyl (C=O) groups is 1. The highest BCUT2D eigenvalue weighted by Gasteiger charge is 2.31. The summed E-state index contributed by atoms with van der Waals surface area (Å²) < 4.78 is 1.58. The number of carbonyl (C=O) groups excluding carboxylic acids is 1. The zero-order chi connectivity index (χ0) is 14.0. The first kappa shape index (κ1) is 13.5. The van der Waals surface area contributed by atoms with Gasteiger partial charge in [0.05, 0.1) is 23.8 Å². The fourth-order valence-corrected chi connectivity index (χ4v) is 2.48. The van der Waals surface area contributed by atoms with Crippen LogP contribution in [0.25, 0.3) is 0 Å². The quantitative estimate of drug-likeness (QED) is 0.651. The molecule has 2 rings (SSSR count). The van der Waals surface area contributed by atoms with Gasteiger partial charge in [0.2, 0.25) is 0 Å². The van der Waals surface area contributed by atoms with Gasteiger partial charge in [0.15, 0.2) is 0 Å². The number of nitro groups is 1. The summed E-state index contributed by atoms with van der Waals surface area (Å²) in [6.45, 7) is 2.84. The van der Waals surface area contributed by atoms with Gasteiger partial charge in [-0.1, -0.05) is 0 Å². The van der Waals surface area contributed by atoms with E-state index in [0.29, 0.717) is 18.8 Å². The van der Waals surface area contributed by atoms with Crippen LogP contribution in [0.3, 0.4) is 0 Å². The Labute approximate surface area is 110 Å². The maximum Gasteiger partial charge on any atom is 0.287 e. The molecule has 0 bridgehead atoms. The fourth-order valence-electron chi connectivity index (χ4n) is 2.48. The molecule has 0 aliphatic carbocycles. The summed E-state index contributed by atoms with van der Waals surface area (Å²) in [5.41, 5.74) is 0.236. The normalized spacial score (nSPS) is 18.8. The number of amides is 1. The van der Waals surface area contributed by atoms with Crippen LogP contribution in [0.2, 0.25) is 0 Å². The fraction of sp³-hybridized carbons (Fsp3) is 0.583. The average molecular weight is 267 g/mol. The van der Waals surface area contributed by atoms with E-state index < -0.39 is 4.92 Å². The van der Waals surface area contributed by atoms with Crippen molar-refractivity contribution in [3.8, 4) is 0 Å². The van der Waals surface area contributed by atoms with Gasteiger partial charge in [-0.3, -0.25) is 14.9 Å². The predicted molar refractivity (Wildman–Crippen MR) is 67.9 cm³/mol. The third kappa shape index (κ3) is 2.46. The van der Waals surface area contributed by atoms with Crippen LogP contribution in [-0.2, 0) is 6.54 Å². The molecule has 1 aromatic rings. The Balaban J connectivity index is 2.30. The molecule has 7 heteroatoms. The van der Waals surface area contributed by atoms with Crippen molar-refractivity contribution in [3.05, 3.63) is 28.1 Å². The second-order valence-corrected chi connectivity index (χ2v) is 4.60. The standard InChI is InChI=1S/C12H17N3O4/c1-2-13-7-10(15(18)19)6-11(13)12(17)14-5-3-4-9(14)8-16/h6-7,9,16H,2-5,8H2,1H3/t9-/m1/s1. The molecule has 1 amide bonds. The third-order valence-corrected chi connectivity index (χ3v) is 3.50. The van der Waals surface area contributed by atoms with E-state index in [1.807, 2.05) is 6.92 Å². The van der Waals surface area contributed by atoms with E-state index in [1.54, 1.807) is 9.47 Å². The molecule has 19 heavy (non-hydrogen) atoms. The number of hydrogen-bond acceptors (Lipinski definition) is 4. The SMILES string of the molecule is CCn1cc([N+](=O)[O-])cc1C(=O)N1CCC[C@@H]1CO. The highest BCUT2D eigenvalue weighted by Crippen LogP contribution is 2.23. The molecule has 0 unspecified atom stereocenters. The van der Waals surface area contributed by atoms with Crippen molar-refractivity contribution in [2.24, 2.45) is 0 Å². The number of nitrogens with zero attached hydrogens (tertiary/aromatic N) is 3. The van der Waals surface area contributed by atoms with E-state index in [0.717, 1.165) is 12.8 Å². The van der Waals surface area contributed by atoms with Crippen LogP contribution in [0.1, 0.15) is 30.3 Å². The van der Waals surface area contributed by atoms with Crippen molar-refractivity contribution in [1.29, 1.82) is 0 Å². The molecule has 1 fully saturated rings. The van der Waals surface area contributed by atoms with E-state index in [9.17, 15) is 20.0 Å². The molecular weight excluding hydrogens is 250 g/mol. The molecule has 1 aliphatic heterocycles. The van der Waals surface area contributed by atoms with E-state index in [4.69, 9.17) is 0 Å². The Morgan fingerprint density at radius 3 is 2.95 bits per heavy atom. The minimum absolute atomic E-state index is 0.0688. The van der Waals surface area contributed by atoms with Crippen LogP contribution in [0, 0.1) is 10.1 Å². The lowest BCUT2D eigenvalue weighted by Gasteiger charge is -2.23. The zero-order valence-corrected chi connectivity index (χ0v) is 10.8. The van der Waals surface area contributed by atoms with Crippen LogP contribution >= 0.6 is 0 Å². The second kappa shape index (κ2) is 5.40. The number of rotatable bonds is 4. The van der Waals surface area contributed by atoms with Crippen molar-refractivity contribution in [1.82, 2.24) is 9.47 Å². The molecule has 104 valence electrons. The van der Waals surface area contributed by atoms with Gasteiger partial charge in [0.1, 0.15) is 5.69 Å². The molecule has 2 heterocycles. The Morgan fingerprint density at radius 2 is 2.37 bits per heavy atom. The number of aromatic nitrogens is 1. The molecule has 1 N–H and O–H groups in total. The molecule has 0 radical (unpaired) electrons. The van der Waals surface area contributed by atoms with Crippen LogP contribution in [0.5, 0.6) is 0 Å². The van der Waals surface area contributed by atoms with E-state index >= 15 is 0 Å². The smallest absolute Gasteiger partial charge is 0.287 e. The maximum absolute atomic E-state index is 12.4. The minimum atomic E-state index is -0.504. The van der Waals surface area contributed by atoms with E-state index in [2.05, 4.69) is 0 Å². The number of aliphatic hydroxyl groups is 1. The average Bonchev–Trinajstić information content (AvgIpc) is 3.03. The Bertz CT molecular complexity index is 497. The van der Waals surface area contributed by atoms with Gasteiger partial charge in [0.25, 0.3) is 11.6 Å². The van der Waals surface area contributed by atoms with Crippen molar-refractivity contribution in [2.45, 2.75) is 32.4 Å². The summed E-state index contributed by atoms with van der Waals surface area (Å²) >= 11 is 0. The summed E-state index contributed by atoms with van der Waals surface area (Å²) in [5, 5.41) is 20.0. The summed E-state index contributed by atoms with van der Waals surface area (Å²) in [5.74, 6) is -0.244. The molecule has 1 aliphatic rings. The van der Waals surface area contributed by atoms with Crippen molar-refractivity contribution < 1.29 is 14.8 Å². The van der Waals surface area contributed by atoms with Crippen LogP contribution in [0.15, 0.2) is 12.3 Å². The molecular formula is C12H17N3O4. The lowest BCUT2D eigenvalue weighted by molar-refractivity contribution is -0.384. The first-order valence-corrected chi connectivity index (χ1v) is 6.34. The third-order valence-electron chi connectivity index (χ3n) is 3.50. The first-order valence-electron chi connectivity index (χ1n) is 6.34. The Kier molecular flexibility index (Phi) is 3.84. The molecule has 1 atom stereocenters. The zero-order valence-electron chi connectivity index (χ0n) is 10.8. The monoisotopic (exact) mass is 267 g/mol. The van der Waals surface area contributed by atoms with Gasteiger partial charge in [0, 0.05) is 19.2 Å². The van der Waals surface area contributed by atoms with Gasteiger partial charge in [-0.15, -0.1) is 0 Å². The Hall–Kier alpha value is -1.89. The van der Waals surface area contributed by atoms with Gasteiger partial charge >= 0.3 is 0 Å². The molecule has 7 nitrogen and oxygen atoms in total. The second-order valence-electron chi connectivity index (χ2n) is 4.60. The highest BCUT2D eigenvalue weighted by molar-refractivity contribution is 5.94. The van der Waals surface area contributed by atoms with E-state index in [-0.39, 0.29) is 24.2 Å². The minimum Gasteiger partial charge on any atom is -0.394 e. The van der Waals surface area contributed by atoms with Crippen molar-refractivity contribution >= 4 is 11.6 Å². The number of hydrogen-bond donors (Lipinski definition) is 1. The topological polar surface area (TPSA) is 88.6 Å².